The molecule has 1 aromatic rings. The molecule has 60 valence electrons. The van der Waals surface area contributed by atoms with Gasteiger partial charge in [0.05, 0.1) is 7.11 Å². The van der Waals surface area contributed by atoms with E-state index in [9.17, 15) is 8.78 Å². The second-order valence-corrected chi connectivity index (χ2v) is 2.02. The predicted molar refractivity (Wildman–Crippen MR) is 37.3 cm³/mol. The Kier molecular flexibility index (Phi) is 1.94. The van der Waals surface area contributed by atoms with Crippen LogP contribution >= 0.6 is 0 Å². The average molecular weight is 159 g/mol. The maximum absolute atomic E-state index is 12.6. The van der Waals surface area contributed by atoms with Crippen molar-refractivity contribution < 1.29 is 13.5 Å². The van der Waals surface area contributed by atoms with E-state index in [1.54, 1.807) is 0 Å². The highest BCUT2D eigenvalue weighted by Gasteiger charge is 2.08. The minimum Gasteiger partial charge on any atom is -0.493 e. The molecule has 0 radical (unpaired) electrons. The van der Waals surface area contributed by atoms with Crippen LogP contribution in [-0.4, -0.2) is 7.11 Å². The monoisotopic (exact) mass is 159 g/mol. The lowest BCUT2D eigenvalue weighted by Crippen LogP contribution is -1.95. The third-order valence-electron chi connectivity index (χ3n) is 1.24. The van der Waals surface area contributed by atoms with E-state index in [1.807, 2.05) is 0 Å². The predicted octanol–water partition coefficient (Wildman–Crippen LogP) is 1.56. The standard InChI is InChI=1S/C7H7F2NO/c1-11-6-3-4(10)2-5(8)7(6)9/h2-3H,10H2,1H3. The third-order valence-corrected chi connectivity index (χ3v) is 1.24. The van der Waals surface area contributed by atoms with Crippen molar-refractivity contribution in [2.75, 3.05) is 12.8 Å². The topological polar surface area (TPSA) is 35.2 Å². The molecule has 0 amide bonds. The molecule has 0 saturated heterocycles. The highest BCUT2D eigenvalue weighted by Crippen LogP contribution is 2.22. The Hall–Kier alpha value is -1.32. The number of anilines is 1. The number of nitrogens with two attached hydrogens (primary N) is 1. The van der Waals surface area contributed by atoms with Crippen molar-refractivity contribution in [3.63, 3.8) is 0 Å². The molecule has 0 atom stereocenters. The molecule has 0 saturated carbocycles. The van der Waals surface area contributed by atoms with Crippen LogP contribution in [0, 0.1) is 11.6 Å². The number of ether oxygens (including phenoxy) is 1. The Morgan fingerprint density at radius 2 is 2.00 bits per heavy atom. The molecule has 1 rings (SSSR count). The average Bonchev–Trinajstić information content (AvgIpc) is 1.96. The van der Waals surface area contributed by atoms with Crippen molar-refractivity contribution in [3.8, 4) is 5.75 Å². The number of hydrogen-bond donors (Lipinski definition) is 1. The molecule has 0 heterocycles. The Morgan fingerprint density at radius 3 is 2.55 bits per heavy atom. The Morgan fingerprint density at radius 1 is 1.36 bits per heavy atom. The smallest absolute Gasteiger partial charge is 0.200 e. The maximum atomic E-state index is 12.6. The van der Waals surface area contributed by atoms with E-state index in [1.165, 1.54) is 13.2 Å². The van der Waals surface area contributed by atoms with Gasteiger partial charge in [-0.05, 0) is 0 Å². The molecule has 0 spiro atoms. The van der Waals surface area contributed by atoms with Gasteiger partial charge in [0, 0.05) is 17.8 Å². The van der Waals surface area contributed by atoms with Crippen LogP contribution in [0.3, 0.4) is 0 Å². The molecular weight excluding hydrogens is 152 g/mol. The zero-order chi connectivity index (χ0) is 8.43. The van der Waals surface area contributed by atoms with Crippen molar-refractivity contribution in [1.82, 2.24) is 0 Å². The van der Waals surface area contributed by atoms with E-state index in [0.29, 0.717) is 0 Å². The van der Waals surface area contributed by atoms with Gasteiger partial charge in [0.1, 0.15) is 0 Å². The fourth-order valence-electron chi connectivity index (χ4n) is 0.732. The molecule has 0 unspecified atom stereocenters. The molecule has 0 bridgehead atoms. The first-order valence-electron chi connectivity index (χ1n) is 2.93. The van der Waals surface area contributed by atoms with E-state index in [4.69, 9.17) is 5.73 Å². The maximum Gasteiger partial charge on any atom is 0.200 e. The van der Waals surface area contributed by atoms with E-state index in [-0.39, 0.29) is 11.4 Å². The normalized spacial score (nSPS) is 9.73. The van der Waals surface area contributed by atoms with Crippen molar-refractivity contribution >= 4 is 5.69 Å². The van der Waals surface area contributed by atoms with Crippen molar-refractivity contribution in [3.05, 3.63) is 23.8 Å². The summed E-state index contributed by atoms with van der Waals surface area (Å²) in [6, 6.07) is 2.12. The fraction of sp³-hybridized carbons (Fsp3) is 0.143. The zero-order valence-electron chi connectivity index (χ0n) is 5.90. The fourth-order valence-corrected chi connectivity index (χ4v) is 0.732. The third kappa shape index (κ3) is 1.39. The second-order valence-electron chi connectivity index (χ2n) is 2.02. The van der Waals surface area contributed by atoms with Crippen molar-refractivity contribution in [1.29, 1.82) is 0 Å². The number of rotatable bonds is 1. The van der Waals surface area contributed by atoms with Gasteiger partial charge in [-0.2, -0.15) is 4.39 Å². The van der Waals surface area contributed by atoms with Crippen LogP contribution in [0.2, 0.25) is 0 Å². The van der Waals surface area contributed by atoms with Gasteiger partial charge in [0.25, 0.3) is 0 Å². The molecule has 0 aromatic heterocycles. The summed E-state index contributed by atoms with van der Waals surface area (Å²) in [6.07, 6.45) is 0. The molecule has 11 heavy (non-hydrogen) atoms. The minimum absolute atomic E-state index is 0.140. The number of nitrogen functional groups attached to an aromatic ring is 1. The summed E-state index contributed by atoms with van der Waals surface area (Å²) in [5, 5.41) is 0. The van der Waals surface area contributed by atoms with Crippen molar-refractivity contribution in [2.45, 2.75) is 0 Å². The van der Waals surface area contributed by atoms with Gasteiger partial charge in [-0.15, -0.1) is 0 Å². The number of halogens is 2. The SMILES string of the molecule is COc1cc(N)cc(F)c1F. The van der Waals surface area contributed by atoms with Gasteiger partial charge in [0.2, 0.25) is 5.82 Å². The largest absolute Gasteiger partial charge is 0.493 e. The van der Waals surface area contributed by atoms with Gasteiger partial charge in [-0.1, -0.05) is 0 Å². The van der Waals surface area contributed by atoms with E-state index in [0.717, 1.165) is 6.07 Å². The van der Waals surface area contributed by atoms with Crippen LogP contribution in [0.25, 0.3) is 0 Å². The summed E-state index contributed by atoms with van der Waals surface area (Å²) < 4.78 is 29.6. The van der Waals surface area contributed by atoms with E-state index in [2.05, 4.69) is 4.74 Å². The highest BCUT2D eigenvalue weighted by atomic mass is 19.2. The van der Waals surface area contributed by atoms with Crippen LogP contribution in [0.4, 0.5) is 14.5 Å². The summed E-state index contributed by atoms with van der Waals surface area (Å²) in [5.41, 5.74) is 5.36. The molecule has 2 N–H and O–H groups in total. The minimum atomic E-state index is -1.01. The molecule has 2 nitrogen and oxygen atoms in total. The van der Waals surface area contributed by atoms with Crippen LogP contribution in [-0.2, 0) is 0 Å². The quantitative estimate of drug-likeness (QED) is 0.631. The summed E-state index contributed by atoms with van der Waals surface area (Å²) in [7, 11) is 1.25. The van der Waals surface area contributed by atoms with Crippen LogP contribution in [0.15, 0.2) is 12.1 Å². The second kappa shape index (κ2) is 2.74. The lowest BCUT2D eigenvalue weighted by atomic mass is 10.3. The molecule has 0 aliphatic rings. The Balaban J connectivity index is 3.24. The van der Waals surface area contributed by atoms with Gasteiger partial charge in [0.15, 0.2) is 11.6 Å². The van der Waals surface area contributed by atoms with Crippen LogP contribution < -0.4 is 10.5 Å². The van der Waals surface area contributed by atoms with Crippen molar-refractivity contribution in [2.24, 2.45) is 0 Å². The Bertz CT molecular complexity index is 275. The van der Waals surface area contributed by atoms with Crippen LogP contribution in [0.1, 0.15) is 0 Å². The first kappa shape index (κ1) is 7.78. The molecule has 0 aliphatic carbocycles. The molecule has 1 aromatic carbocycles. The molecule has 0 fully saturated rings. The van der Waals surface area contributed by atoms with E-state index < -0.39 is 11.6 Å². The number of benzene rings is 1. The highest BCUT2D eigenvalue weighted by molar-refractivity contribution is 5.45. The van der Waals surface area contributed by atoms with Gasteiger partial charge < -0.3 is 10.5 Å². The molecule has 0 aliphatic heterocycles. The zero-order valence-corrected chi connectivity index (χ0v) is 5.90. The Labute approximate surface area is 62.6 Å². The first-order chi connectivity index (χ1) is 5.15. The summed E-state index contributed by atoms with van der Waals surface area (Å²) in [6.45, 7) is 0. The summed E-state index contributed by atoms with van der Waals surface area (Å²) >= 11 is 0. The number of hydrogen-bond acceptors (Lipinski definition) is 2. The number of methoxy groups -OCH3 is 1. The van der Waals surface area contributed by atoms with Gasteiger partial charge in [-0.3, -0.25) is 0 Å². The summed E-state index contributed by atoms with van der Waals surface area (Å²) in [4.78, 5) is 0. The summed E-state index contributed by atoms with van der Waals surface area (Å²) in [5.74, 6) is -2.19. The van der Waals surface area contributed by atoms with E-state index >= 15 is 0 Å². The van der Waals surface area contributed by atoms with Gasteiger partial charge in [-0.25, -0.2) is 4.39 Å². The molecule has 4 heteroatoms. The molecular formula is C7H7F2NO. The first-order valence-corrected chi connectivity index (χ1v) is 2.93. The van der Waals surface area contributed by atoms with Crippen LogP contribution in [0.5, 0.6) is 5.75 Å². The van der Waals surface area contributed by atoms with Gasteiger partial charge >= 0.3 is 0 Å². The lowest BCUT2D eigenvalue weighted by molar-refractivity contribution is 0.372. The lowest BCUT2D eigenvalue weighted by Gasteiger charge is -2.02.